The van der Waals surface area contributed by atoms with Crippen LogP contribution < -0.4 is 5.32 Å². The Morgan fingerprint density at radius 2 is 1.23 bits per heavy atom. The smallest absolute Gasteiger partial charge is 0.250 e. The van der Waals surface area contributed by atoms with Crippen LogP contribution in [0.1, 0.15) is 11.6 Å². The topological polar surface area (TPSA) is 50.7 Å². The molecule has 0 spiro atoms. The first kappa shape index (κ1) is 24.8. The van der Waals surface area contributed by atoms with Crippen molar-refractivity contribution in [3.8, 4) is 11.4 Å². The fourth-order valence-corrected chi connectivity index (χ4v) is 2.44. The van der Waals surface area contributed by atoms with E-state index in [0.717, 1.165) is 0 Å². The molecular formula is C13H9Cl9N4. The minimum absolute atomic E-state index is 0.137. The van der Waals surface area contributed by atoms with Gasteiger partial charge in [0.05, 0.1) is 17.0 Å². The third-order valence-corrected chi connectivity index (χ3v) is 4.17. The highest BCUT2D eigenvalue weighted by Gasteiger charge is 2.34. The van der Waals surface area contributed by atoms with Crippen molar-refractivity contribution in [2.24, 2.45) is 0 Å². The van der Waals surface area contributed by atoms with Gasteiger partial charge < -0.3 is 0 Å². The third kappa shape index (κ3) is 8.04. The molecule has 0 aliphatic carbocycles. The van der Waals surface area contributed by atoms with E-state index in [4.69, 9.17) is 104 Å². The Hall–Kier alpha value is 0.800. The van der Waals surface area contributed by atoms with Gasteiger partial charge in [0.25, 0.3) is 0 Å². The summed E-state index contributed by atoms with van der Waals surface area (Å²) in [4.78, 5) is 12.0. The summed E-state index contributed by atoms with van der Waals surface area (Å²) >= 11 is 51.1. The van der Waals surface area contributed by atoms with Gasteiger partial charge in [-0.2, -0.15) is 0 Å². The van der Waals surface area contributed by atoms with E-state index in [-0.39, 0.29) is 17.5 Å². The summed E-state index contributed by atoms with van der Waals surface area (Å²) in [5.41, 5.74) is 0.493. The van der Waals surface area contributed by atoms with Crippen LogP contribution in [0.2, 0.25) is 5.02 Å². The average molecular weight is 540 g/mol. The number of aromatic nitrogens is 3. The molecule has 1 N–H and O–H groups in total. The van der Waals surface area contributed by atoms with E-state index in [1.165, 1.54) is 0 Å². The predicted octanol–water partition coefficient (Wildman–Crippen LogP) is 6.81. The monoisotopic (exact) mass is 536 g/mol. The van der Waals surface area contributed by atoms with Crippen LogP contribution in [-0.4, -0.2) is 27.0 Å². The maximum atomic E-state index is 6.09. The van der Waals surface area contributed by atoms with Crippen LogP contribution in [0, 0.1) is 0 Å². The predicted molar refractivity (Wildman–Crippen MR) is 113 cm³/mol. The largest absolute Gasteiger partial charge is 0.291 e. The molecule has 0 fully saturated rings. The van der Waals surface area contributed by atoms with Crippen molar-refractivity contribution in [1.82, 2.24) is 20.3 Å². The molecule has 1 aromatic heterocycles. The molecule has 13 heteroatoms. The second kappa shape index (κ2) is 11.1. The Labute approximate surface area is 195 Å². The first-order valence-corrected chi connectivity index (χ1v) is 10.2. The van der Waals surface area contributed by atoms with Crippen molar-refractivity contribution in [2.75, 3.05) is 12.0 Å². The number of nitrogens with one attached hydrogen (secondary N) is 1. The molecule has 144 valence electrons. The Kier molecular flexibility index (Phi) is 10.6. The molecule has 4 nitrogen and oxygen atoms in total. The molecule has 1 aromatic carbocycles. The summed E-state index contributed by atoms with van der Waals surface area (Å²) in [6.45, 7) is 0. The molecule has 2 aromatic rings. The van der Waals surface area contributed by atoms with Gasteiger partial charge in [-0.05, 0) is 12.1 Å². The number of alkyl halides is 8. The van der Waals surface area contributed by atoms with Gasteiger partial charge in [-0.25, -0.2) is 15.0 Å². The van der Waals surface area contributed by atoms with Crippen LogP contribution in [0.25, 0.3) is 11.4 Å². The summed E-state index contributed by atoms with van der Waals surface area (Å²) in [5, 5.41) is 3.04. The zero-order valence-electron chi connectivity index (χ0n) is 12.5. The summed E-state index contributed by atoms with van der Waals surface area (Å²) < 4.78 is -3.80. The zero-order valence-corrected chi connectivity index (χ0v) is 19.3. The number of halogens is 9. The highest BCUT2D eigenvalue weighted by molar-refractivity contribution is 6.67. The number of benzene rings is 1. The van der Waals surface area contributed by atoms with E-state index in [2.05, 4.69) is 20.3 Å². The van der Waals surface area contributed by atoms with Crippen molar-refractivity contribution in [1.29, 1.82) is 0 Å². The lowest BCUT2D eigenvalue weighted by molar-refractivity contribution is 0.851. The quantitative estimate of drug-likeness (QED) is 0.343. The van der Waals surface area contributed by atoms with E-state index in [9.17, 15) is 0 Å². The van der Waals surface area contributed by atoms with Crippen molar-refractivity contribution < 1.29 is 0 Å². The van der Waals surface area contributed by atoms with Gasteiger partial charge in [0.2, 0.25) is 7.59 Å². The first-order chi connectivity index (χ1) is 12.0. The molecule has 0 bridgehead atoms. The second-order valence-corrected chi connectivity index (χ2v) is 9.80. The van der Waals surface area contributed by atoms with E-state index < -0.39 is 7.59 Å². The highest BCUT2D eigenvalue weighted by atomic mass is 35.6. The lowest BCUT2D eigenvalue weighted by atomic mass is 10.2. The number of hydrogen-bond donors (Lipinski definition) is 1. The summed E-state index contributed by atoms with van der Waals surface area (Å²) in [5.74, 6) is -0.198. The second-order valence-electron chi connectivity index (χ2n) is 4.30. The Balaban J connectivity index is 0.000000597. The molecular weight excluding hydrogens is 531 g/mol. The van der Waals surface area contributed by atoms with Crippen molar-refractivity contribution >= 4 is 104 Å². The molecule has 0 amide bonds. The Morgan fingerprint density at radius 1 is 0.769 bits per heavy atom. The number of rotatable bonds is 3. The fourth-order valence-electron chi connectivity index (χ4n) is 1.43. The van der Waals surface area contributed by atoms with Crippen LogP contribution in [-0.2, 0) is 7.59 Å². The normalized spacial score (nSPS) is 11.7. The number of nitrogens with zero attached hydrogens (tertiary/aromatic N) is 3. The molecule has 0 aliphatic heterocycles. The van der Waals surface area contributed by atoms with Gasteiger partial charge in [0.1, 0.15) is 0 Å². The zero-order chi connectivity index (χ0) is 20.0. The molecule has 0 saturated heterocycles. The van der Waals surface area contributed by atoms with Crippen LogP contribution in [0.4, 0.5) is 0 Å². The first-order valence-electron chi connectivity index (χ1n) is 6.48. The molecule has 0 atom stereocenters. The van der Waals surface area contributed by atoms with Crippen molar-refractivity contribution in [3.05, 3.63) is 40.9 Å². The van der Waals surface area contributed by atoms with Crippen molar-refractivity contribution in [3.63, 3.8) is 0 Å². The van der Waals surface area contributed by atoms with E-state index in [1.54, 1.807) is 24.3 Å². The lowest BCUT2D eigenvalue weighted by Crippen LogP contribution is -2.16. The van der Waals surface area contributed by atoms with Gasteiger partial charge >= 0.3 is 0 Å². The van der Waals surface area contributed by atoms with Crippen LogP contribution in [0.15, 0.2) is 24.3 Å². The molecule has 0 radical (unpaired) electrons. The van der Waals surface area contributed by atoms with Crippen LogP contribution >= 0.6 is 104 Å². The summed E-state index contributed by atoms with van der Waals surface area (Å²) in [6, 6.07) is 7.70. The lowest BCUT2D eigenvalue weighted by Gasteiger charge is -2.15. The standard InChI is InChI=1S/C11H4Cl7N3.C2H5Cl2N/c12-6-4-2-1-3-5(6)7-19-8(10(13,14)15)21-9(20-7)11(16,17)18;3-1-5-2-4/h1-4H;5H,1-2H2. The molecule has 2 rings (SSSR count). The van der Waals surface area contributed by atoms with Gasteiger partial charge in [-0.15, -0.1) is 23.2 Å². The van der Waals surface area contributed by atoms with Gasteiger partial charge in [0, 0.05) is 5.56 Å². The van der Waals surface area contributed by atoms with E-state index in [0.29, 0.717) is 22.6 Å². The Bertz CT molecular complexity index is 681. The van der Waals surface area contributed by atoms with Crippen LogP contribution in [0.5, 0.6) is 0 Å². The maximum absolute atomic E-state index is 6.09. The Morgan fingerprint density at radius 3 is 1.58 bits per heavy atom. The van der Waals surface area contributed by atoms with Crippen LogP contribution in [0.3, 0.4) is 0 Å². The molecule has 0 unspecified atom stereocenters. The van der Waals surface area contributed by atoms with Gasteiger partial charge in [-0.3, -0.25) is 5.32 Å². The molecule has 0 saturated carbocycles. The summed E-state index contributed by atoms with van der Waals surface area (Å²) in [6.07, 6.45) is 0. The van der Waals surface area contributed by atoms with Crippen molar-refractivity contribution in [2.45, 2.75) is 7.59 Å². The van der Waals surface area contributed by atoms with E-state index >= 15 is 0 Å². The molecule has 26 heavy (non-hydrogen) atoms. The van der Waals surface area contributed by atoms with Gasteiger partial charge in [0.15, 0.2) is 17.5 Å². The summed E-state index contributed by atoms with van der Waals surface area (Å²) in [7, 11) is 0. The third-order valence-electron chi connectivity index (χ3n) is 2.45. The fraction of sp³-hybridized carbons (Fsp3) is 0.308. The average Bonchev–Trinajstić information content (AvgIpc) is 2.54. The maximum Gasteiger partial charge on any atom is 0.250 e. The van der Waals surface area contributed by atoms with Gasteiger partial charge in [-0.1, -0.05) is 93.3 Å². The minimum atomic E-state index is -1.90. The van der Waals surface area contributed by atoms with E-state index in [1.807, 2.05) is 0 Å². The molecule has 0 aliphatic rings. The minimum Gasteiger partial charge on any atom is -0.291 e. The number of hydrogen-bond acceptors (Lipinski definition) is 4. The highest BCUT2D eigenvalue weighted by Crippen LogP contribution is 2.41. The molecule has 1 heterocycles. The SMILES string of the molecule is ClCNCCl.Clc1ccccc1-c1nc(C(Cl)(Cl)Cl)nc(C(Cl)(Cl)Cl)n1.